The van der Waals surface area contributed by atoms with Gasteiger partial charge in [0, 0.05) is 20.7 Å². The van der Waals surface area contributed by atoms with Gasteiger partial charge >= 0.3 is 0 Å². The standard InChI is InChI=1S/C17H19N3O/c1-20-15-9-8-12(11-18)10-14(15)19-17(20)16(21-2)13-6-4-3-5-7-13/h3-10,16H,11,18H2,1-2H3. The molecule has 0 spiro atoms. The van der Waals surface area contributed by atoms with Crippen LogP contribution in [-0.2, 0) is 18.3 Å². The predicted molar refractivity (Wildman–Crippen MR) is 83.9 cm³/mol. The number of hydrogen-bond donors (Lipinski definition) is 1. The molecule has 1 heterocycles. The monoisotopic (exact) mass is 281 g/mol. The molecule has 0 fully saturated rings. The molecule has 1 unspecified atom stereocenters. The molecule has 0 aliphatic carbocycles. The molecule has 1 aromatic heterocycles. The van der Waals surface area contributed by atoms with Gasteiger partial charge in [-0.05, 0) is 23.3 Å². The smallest absolute Gasteiger partial charge is 0.143 e. The van der Waals surface area contributed by atoms with E-state index in [1.165, 1.54) is 0 Å². The number of nitrogens with two attached hydrogens (primary N) is 1. The van der Waals surface area contributed by atoms with Crippen molar-refractivity contribution in [2.24, 2.45) is 12.8 Å². The summed E-state index contributed by atoms with van der Waals surface area (Å²) in [6.45, 7) is 0.522. The van der Waals surface area contributed by atoms with E-state index >= 15 is 0 Å². The van der Waals surface area contributed by atoms with Crippen LogP contribution in [0.15, 0.2) is 48.5 Å². The van der Waals surface area contributed by atoms with Gasteiger partial charge in [0.05, 0.1) is 11.0 Å². The lowest BCUT2D eigenvalue weighted by molar-refractivity contribution is 0.127. The second-order valence-corrected chi connectivity index (χ2v) is 5.08. The molecule has 0 aliphatic rings. The number of benzene rings is 2. The van der Waals surface area contributed by atoms with Gasteiger partial charge in [-0.25, -0.2) is 4.98 Å². The van der Waals surface area contributed by atoms with E-state index < -0.39 is 0 Å². The molecule has 4 nitrogen and oxygen atoms in total. The molecule has 3 rings (SSSR count). The first-order chi connectivity index (χ1) is 10.2. The first-order valence-electron chi connectivity index (χ1n) is 6.97. The fourth-order valence-corrected chi connectivity index (χ4v) is 2.64. The van der Waals surface area contributed by atoms with Crippen LogP contribution in [0.3, 0.4) is 0 Å². The Hall–Kier alpha value is -2.17. The highest BCUT2D eigenvalue weighted by atomic mass is 16.5. The van der Waals surface area contributed by atoms with E-state index in [-0.39, 0.29) is 6.10 Å². The zero-order valence-corrected chi connectivity index (χ0v) is 12.3. The minimum Gasteiger partial charge on any atom is -0.369 e. The van der Waals surface area contributed by atoms with Gasteiger partial charge in [0.25, 0.3) is 0 Å². The third-order valence-electron chi connectivity index (χ3n) is 3.79. The maximum absolute atomic E-state index is 5.70. The Morgan fingerprint density at radius 3 is 2.62 bits per heavy atom. The zero-order valence-electron chi connectivity index (χ0n) is 12.3. The Balaban J connectivity index is 2.12. The number of imidazole rings is 1. The molecule has 0 amide bonds. The first-order valence-corrected chi connectivity index (χ1v) is 6.97. The summed E-state index contributed by atoms with van der Waals surface area (Å²) >= 11 is 0. The minimum absolute atomic E-state index is 0.176. The van der Waals surface area contributed by atoms with Gasteiger partial charge in [0.15, 0.2) is 0 Å². The summed E-state index contributed by atoms with van der Waals surface area (Å²) in [6.07, 6.45) is -0.176. The summed E-state index contributed by atoms with van der Waals surface area (Å²) in [5.74, 6) is 0.896. The van der Waals surface area contributed by atoms with Crippen molar-refractivity contribution in [3.8, 4) is 0 Å². The highest BCUT2D eigenvalue weighted by Gasteiger charge is 2.20. The second kappa shape index (κ2) is 5.68. The van der Waals surface area contributed by atoms with Crippen LogP contribution in [0.2, 0.25) is 0 Å². The van der Waals surface area contributed by atoms with Crippen LogP contribution >= 0.6 is 0 Å². The average molecular weight is 281 g/mol. The number of nitrogens with zero attached hydrogens (tertiary/aromatic N) is 2. The molecular weight excluding hydrogens is 262 g/mol. The number of aromatic nitrogens is 2. The zero-order chi connectivity index (χ0) is 14.8. The van der Waals surface area contributed by atoms with Crippen LogP contribution < -0.4 is 5.73 Å². The maximum atomic E-state index is 5.70. The lowest BCUT2D eigenvalue weighted by Gasteiger charge is -2.15. The molecule has 3 aromatic rings. The Kier molecular flexibility index (Phi) is 3.73. The van der Waals surface area contributed by atoms with Crippen molar-refractivity contribution in [3.05, 3.63) is 65.5 Å². The molecule has 0 bridgehead atoms. The van der Waals surface area contributed by atoms with Crippen molar-refractivity contribution in [1.82, 2.24) is 9.55 Å². The molecule has 4 heteroatoms. The Morgan fingerprint density at radius 2 is 1.95 bits per heavy atom. The van der Waals surface area contributed by atoms with Crippen molar-refractivity contribution in [3.63, 3.8) is 0 Å². The molecular formula is C17H19N3O. The number of ether oxygens (including phenoxy) is 1. The van der Waals surface area contributed by atoms with Crippen LogP contribution in [0.1, 0.15) is 23.1 Å². The van der Waals surface area contributed by atoms with Gasteiger partial charge in [-0.15, -0.1) is 0 Å². The third-order valence-corrected chi connectivity index (χ3v) is 3.79. The lowest BCUT2D eigenvalue weighted by Crippen LogP contribution is -2.09. The van der Waals surface area contributed by atoms with E-state index in [0.29, 0.717) is 6.54 Å². The lowest BCUT2D eigenvalue weighted by atomic mass is 10.1. The van der Waals surface area contributed by atoms with Crippen molar-refractivity contribution < 1.29 is 4.74 Å². The number of hydrogen-bond acceptors (Lipinski definition) is 3. The molecule has 21 heavy (non-hydrogen) atoms. The average Bonchev–Trinajstić information content (AvgIpc) is 2.85. The molecule has 108 valence electrons. The molecule has 0 saturated carbocycles. The first kappa shape index (κ1) is 13.8. The molecule has 0 radical (unpaired) electrons. The SMILES string of the molecule is COC(c1ccccc1)c1nc2cc(CN)ccc2n1C. The normalized spacial score (nSPS) is 12.7. The van der Waals surface area contributed by atoms with Crippen LogP contribution in [0.4, 0.5) is 0 Å². The van der Waals surface area contributed by atoms with E-state index in [4.69, 9.17) is 15.5 Å². The van der Waals surface area contributed by atoms with Crippen LogP contribution in [0, 0.1) is 0 Å². The fraction of sp³-hybridized carbons (Fsp3) is 0.235. The van der Waals surface area contributed by atoms with Crippen molar-refractivity contribution >= 4 is 11.0 Å². The fourth-order valence-electron chi connectivity index (χ4n) is 2.64. The van der Waals surface area contributed by atoms with E-state index in [9.17, 15) is 0 Å². The van der Waals surface area contributed by atoms with Gasteiger partial charge in [-0.3, -0.25) is 0 Å². The largest absolute Gasteiger partial charge is 0.369 e. The predicted octanol–water partition coefficient (Wildman–Crippen LogP) is 2.77. The Morgan fingerprint density at radius 1 is 1.19 bits per heavy atom. The number of fused-ring (bicyclic) bond motifs is 1. The highest BCUT2D eigenvalue weighted by molar-refractivity contribution is 5.77. The second-order valence-electron chi connectivity index (χ2n) is 5.08. The molecule has 2 N–H and O–H groups in total. The van der Waals surface area contributed by atoms with E-state index in [1.54, 1.807) is 7.11 Å². The summed E-state index contributed by atoms with van der Waals surface area (Å²) in [7, 11) is 3.73. The van der Waals surface area contributed by atoms with Gasteiger partial charge in [-0.2, -0.15) is 0 Å². The number of rotatable bonds is 4. The molecule has 2 aromatic carbocycles. The van der Waals surface area contributed by atoms with E-state index in [1.807, 2.05) is 37.4 Å². The van der Waals surface area contributed by atoms with Gasteiger partial charge in [-0.1, -0.05) is 36.4 Å². The summed E-state index contributed by atoms with van der Waals surface area (Å²) in [6, 6.07) is 16.3. The summed E-state index contributed by atoms with van der Waals surface area (Å²) in [4.78, 5) is 4.75. The van der Waals surface area contributed by atoms with Gasteiger partial charge in [0.2, 0.25) is 0 Å². The Bertz CT molecular complexity index is 749. The maximum Gasteiger partial charge on any atom is 0.143 e. The summed E-state index contributed by atoms with van der Waals surface area (Å²) < 4.78 is 7.76. The van der Waals surface area contributed by atoms with Gasteiger partial charge < -0.3 is 15.0 Å². The van der Waals surface area contributed by atoms with Crippen molar-refractivity contribution in [1.29, 1.82) is 0 Å². The Labute approximate surface area is 124 Å². The van der Waals surface area contributed by atoms with Crippen molar-refractivity contribution in [2.75, 3.05) is 7.11 Å². The van der Waals surface area contributed by atoms with Crippen LogP contribution in [-0.4, -0.2) is 16.7 Å². The molecule has 0 saturated heterocycles. The van der Waals surface area contributed by atoms with Crippen LogP contribution in [0.25, 0.3) is 11.0 Å². The quantitative estimate of drug-likeness (QED) is 0.800. The topological polar surface area (TPSA) is 53.1 Å². The van der Waals surface area contributed by atoms with E-state index in [2.05, 4.69) is 22.8 Å². The number of methoxy groups -OCH3 is 1. The van der Waals surface area contributed by atoms with E-state index in [0.717, 1.165) is 28.0 Å². The summed E-state index contributed by atoms with van der Waals surface area (Å²) in [5.41, 5.74) is 9.92. The minimum atomic E-state index is -0.176. The molecule has 0 aliphatic heterocycles. The molecule has 1 atom stereocenters. The highest BCUT2D eigenvalue weighted by Crippen LogP contribution is 2.27. The van der Waals surface area contributed by atoms with Crippen LogP contribution in [0.5, 0.6) is 0 Å². The number of aryl methyl sites for hydroxylation is 1. The van der Waals surface area contributed by atoms with Crippen molar-refractivity contribution in [2.45, 2.75) is 12.6 Å². The third kappa shape index (κ3) is 2.44. The summed E-state index contributed by atoms with van der Waals surface area (Å²) in [5, 5.41) is 0. The van der Waals surface area contributed by atoms with Gasteiger partial charge in [0.1, 0.15) is 11.9 Å².